The lowest BCUT2D eigenvalue weighted by atomic mass is 9.93. The van der Waals surface area contributed by atoms with Crippen LogP contribution in [0.15, 0.2) is 22.7 Å². The van der Waals surface area contributed by atoms with E-state index in [0.29, 0.717) is 5.56 Å². The molecule has 1 unspecified atom stereocenters. The molecule has 0 aromatic heterocycles. The van der Waals surface area contributed by atoms with Gasteiger partial charge >= 0.3 is 5.97 Å². The summed E-state index contributed by atoms with van der Waals surface area (Å²) in [6, 6.07) is 3.91. The maximum absolute atomic E-state index is 12.9. The third-order valence-corrected chi connectivity index (χ3v) is 2.64. The van der Waals surface area contributed by atoms with E-state index < -0.39 is 23.8 Å². The van der Waals surface area contributed by atoms with Gasteiger partial charge in [0.1, 0.15) is 5.82 Å². The van der Waals surface area contributed by atoms with Crippen molar-refractivity contribution >= 4 is 21.9 Å². The lowest BCUT2D eigenvalue weighted by Crippen LogP contribution is -2.25. The zero-order valence-corrected chi connectivity index (χ0v) is 9.58. The van der Waals surface area contributed by atoms with Crippen molar-refractivity contribution in [1.82, 2.24) is 0 Å². The molecular formula is C10H10BrFO3. The molecule has 1 aromatic carbocycles. The summed E-state index contributed by atoms with van der Waals surface area (Å²) in [5, 5.41) is 18.4. The highest BCUT2D eigenvalue weighted by Crippen LogP contribution is 2.28. The number of aliphatic carboxylic acids is 1. The molecule has 1 rings (SSSR count). The van der Waals surface area contributed by atoms with Gasteiger partial charge in [0.2, 0.25) is 0 Å². The van der Waals surface area contributed by atoms with Crippen LogP contribution in [-0.4, -0.2) is 16.2 Å². The largest absolute Gasteiger partial charge is 0.481 e. The number of aliphatic hydroxyl groups is 1. The summed E-state index contributed by atoms with van der Waals surface area (Å²) in [5.41, 5.74) is -1.14. The highest BCUT2D eigenvalue weighted by Gasteiger charge is 2.27. The molecule has 82 valence electrons. The van der Waals surface area contributed by atoms with Crippen molar-refractivity contribution in [3.05, 3.63) is 34.1 Å². The molecule has 0 saturated carbocycles. The normalized spacial score (nSPS) is 14.7. The molecule has 0 bridgehead atoms. The molecule has 1 aromatic rings. The van der Waals surface area contributed by atoms with E-state index in [1.165, 1.54) is 25.1 Å². The molecule has 0 aliphatic rings. The average Bonchev–Trinajstić information content (AvgIpc) is 2.07. The molecule has 0 saturated heterocycles. The van der Waals surface area contributed by atoms with Gasteiger partial charge in [-0.2, -0.15) is 0 Å². The molecule has 0 radical (unpaired) electrons. The van der Waals surface area contributed by atoms with Gasteiger partial charge < -0.3 is 10.2 Å². The third kappa shape index (κ3) is 3.00. The van der Waals surface area contributed by atoms with Crippen molar-refractivity contribution in [2.45, 2.75) is 18.9 Å². The van der Waals surface area contributed by atoms with E-state index in [4.69, 9.17) is 5.11 Å². The van der Waals surface area contributed by atoms with Gasteiger partial charge in [0.25, 0.3) is 0 Å². The molecule has 0 aliphatic heterocycles. The van der Waals surface area contributed by atoms with Crippen molar-refractivity contribution in [1.29, 1.82) is 0 Å². The monoisotopic (exact) mass is 276 g/mol. The van der Waals surface area contributed by atoms with Gasteiger partial charge in [0, 0.05) is 0 Å². The Bertz CT molecular complexity index is 390. The molecular weight excluding hydrogens is 267 g/mol. The minimum Gasteiger partial charge on any atom is -0.481 e. The molecule has 0 amide bonds. The molecule has 5 heteroatoms. The Morgan fingerprint density at radius 1 is 1.60 bits per heavy atom. The number of carboxylic acid groups (broad SMARTS) is 1. The van der Waals surface area contributed by atoms with Crippen LogP contribution >= 0.6 is 15.9 Å². The van der Waals surface area contributed by atoms with Crippen LogP contribution in [0, 0.1) is 5.82 Å². The topological polar surface area (TPSA) is 57.5 Å². The Morgan fingerprint density at radius 2 is 2.20 bits per heavy atom. The smallest absolute Gasteiger partial charge is 0.306 e. The second-order valence-corrected chi connectivity index (χ2v) is 4.33. The standard InChI is InChI=1S/C10H10BrFO3/c1-10(15,5-9(13)14)6-2-3-8(12)7(11)4-6/h2-4,15H,5H2,1H3,(H,13,14). The number of hydrogen-bond donors (Lipinski definition) is 2. The van der Waals surface area contributed by atoms with Gasteiger partial charge in [0.05, 0.1) is 16.5 Å². The summed E-state index contributed by atoms with van der Waals surface area (Å²) >= 11 is 2.97. The number of carboxylic acids is 1. The van der Waals surface area contributed by atoms with Crippen molar-refractivity contribution in [2.24, 2.45) is 0 Å². The third-order valence-electron chi connectivity index (χ3n) is 2.04. The van der Waals surface area contributed by atoms with E-state index in [9.17, 15) is 14.3 Å². The first-order chi connectivity index (χ1) is 6.83. The summed E-state index contributed by atoms with van der Waals surface area (Å²) in [5.74, 6) is -1.56. The van der Waals surface area contributed by atoms with Crippen molar-refractivity contribution < 1.29 is 19.4 Å². The molecule has 1 atom stereocenters. The number of benzene rings is 1. The fourth-order valence-corrected chi connectivity index (χ4v) is 1.61. The predicted molar refractivity (Wildman–Crippen MR) is 55.9 cm³/mol. The van der Waals surface area contributed by atoms with Crippen LogP contribution in [0.3, 0.4) is 0 Å². The Hall–Kier alpha value is -0.940. The summed E-state index contributed by atoms with van der Waals surface area (Å²) < 4.78 is 13.1. The maximum atomic E-state index is 12.9. The summed E-state index contributed by atoms with van der Waals surface area (Å²) in [6.07, 6.45) is -0.426. The van der Waals surface area contributed by atoms with Crippen LogP contribution < -0.4 is 0 Å². The van der Waals surface area contributed by atoms with Crippen LogP contribution in [0.4, 0.5) is 4.39 Å². The molecule has 0 spiro atoms. The molecule has 2 N–H and O–H groups in total. The van der Waals surface area contributed by atoms with Crippen LogP contribution in [0.25, 0.3) is 0 Å². The fraction of sp³-hybridized carbons (Fsp3) is 0.300. The van der Waals surface area contributed by atoms with Gasteiger partial charge in [-0.1, -0.05) is 6.07 Å². The molecule has 0 heterocycles. The maximum Gasteiger partial charge on any atom is 0.306 e. The first-order valence-corrected chi connectivity index (χ1v) is 5.02. The number of rotatable bonds is 3. The Labute approximate surface area is 94.7 Å². The lowest BCUT2D eigenvalue weighted by molar-refractivity contribution is -0.142. The van der Waals surface area contributed by atoms with E-state index >= 15 is 0 Å². The second kappa shape index (κ2) is 4.28. The number of halogens is 2. The van der Waals surface area contributed by atoms with Crippen molar-refractivity contribution in [3.8, 4) is 0 Å². The van der Waals surface area contributed by atoms with E-state index in [1.54, 1.807) is 0 Å². The summed E-state index contributed by atoms with van der Waals surface area (Å²) in [6.45, 7) is 1.38. The average molecular weight is 277 g/mol. The lowest BCUT2D eigenvalue weighted by Gasteiger charge is -2.21. The van der Waals surface area contributed by atoms with E-state index in [0.717, 1.165) is 0 Å². The van der Waals surface area contributed by atoms with E-state index in [2.05, 4.69) is 15.9 Å². The minimum absolute atomic E-state index is 0.200. The van der Waals surface area contributed by atoms with Gasteiger partial charge in [-0.3, -0.25) is 4.79 Å². The Kier molecular flexibility index (Phi) is 3.46. The van der Waals surface area contributed by atoms with Crippen LogP contribution in [-0.2, 0) is 10.4 Å². The van der Waals surface area contributed by atoms with Crippen LogP contribution in [0.1, 0.15) is 18.9 Å². The van der Waals surface area contributed by atoms with Crippen molar-refractivity contribution in [2.75, 3.05) is 0 Å². The quantitative estimate of drug-likeness (QED) is 0.891. The zero-order valence-electron chi connectivity index (χ0n) is 8.00. The fourth-order valence-electron chi connectivity index (χ4n) is 1.23. The van der Waals surface area contributed by atoms with E-state index in [-0.39, 0.29) is 4.47 Å². The molecule has 3 nitrogen and oxygen atoms in total. The molecule has 0 fully saturated rings. The van der Waals surface area contributed by atoms with Crippen molar-refractivity contribution in [3.63, 3.8) is 0 Å². The Morgan fingerprint density at radius 3 is 2.67 bits per heavy atom. The highest BCUT2D eigenvalue weighted by atomic mass is 79.9. The summed E-state index contributed by atoms with van der Waals surface area (Å²) in [7, 11) is 0. The van der Waals surface area contributed by atoms with Gasteiger partial charge in [-0.15, -0.1) is 0 Å². The summed E-state index contributed by atoms with van der Waals surface area (Å²) in [4.78, 5) is 10.5. The number of carbonyl (C=O) groups is 1. The van der Waals surface area contributed by atoms with Gasteiger partial charge in [-0.25, -0.2) is 4.39 Å². The van der Waals surface area contributed by atoms with Crippen LogP contribution in [0.5, 0.6) is 0 Å². The van der Waals surface area contributed by atoms with Gasteiger partial charge in [-0.05, 0) is 40.5 Å². The first-order valence-electron chi connectivity index (χ1n) is 4.22. The molecule has 15 heavy (non-hydrogen) atoms. The van der Waals surface area contributed by atoms with E-state index in [1.807, 2.05) is 0 Å². The highest BCUT2D eigenvalue weighted by molar-refractivity contribution is 9.10. The van der Waals surface area contributed by atoms with Gasteiger partial charge in [0.15, 0.2) is 0 Å². The zero-order chi connectivity index (χ0) is 11.6. The number of hydrogen-bond acceptors (Lipinski definition) is 2. The minimum atomic E-state index is -1.50. The SMILES string of the molecule is CC(O)(CC(=O)O)c1ccc(F)c(Br)c1. The first kappa shape index (κ1) is 12.1. The predicted octanol–water partition coefficient (Wildman–Crippen LogP) is 2.27. The molecule has 0 aliphatic carbocycles. The van der Waals surface area contributed by atoms with Crippen LogP contribution in [0.2, 0.25) is 0 Å². The Balaban J connectivity index is 3.04. The second-order valence-electron chi connectivity index (χ2n) is 3.47.